The molecule has 0 saturated carbocycles. The van der Waals surface area contributed by atoms with E-state index in [0.717, 1.165) is 0 Å². The van der Waals surface area contributed by atoms with Crippen LogP contribution in [-0.4, -0.2) is 114 Å². The van der Waals surface area contributed by atoms with Crippen molar-refractivity contribution in [2.45, 2.75) is 102 Å². The van der Waals surface area contributed by atoms with Gasteiger partial charge in [-0.3, -0.25) is 36.3 Å². The Morgan fingerprint density at radius 3 is 1.72 bits per heavy atom. The number of phosphoric acid groups is 2. The number of methoxy groups -OCH3 is 2. The van der Waals surface area contributed by atoms with Crippen molar-refractivity contribution in [1.82, 2.24) is 39.0 Å². The molecule has 0 aromatic carbocycles. The minimum atomic E-state index is -3.87. The maximum absolute atomic E-state index is 12.9. The summed E-state index contributed by atoms with van der Waals surface area (Å²) in [4.78, 5) is 28.0. The van der Waals surface area contributed by atoms with Crippen LogP contribution in [0.2, 0.25) is 0 Å². The fraction of sp³-hybridized carbons (Fsp3) is 0.667. The van der Waals surface area contributed by atoms with Crippen LogP contribution < -0.4 is 26.7 Å². The van der Waals surface area contributed by atoms with E-state index in [9.17, 15) is 14.7 Å². The fourth-order valence-electron chi connectivity index (χ4n) is 7.08. The second-order valence-corrected chi connectivity index (χ2v) is 17.7. The minimum absolute atomic E-state index is 0.0189. The number of nitrogens with zero attached hydrogens (tertiary/aromatic N) is 11. The highest BCUT2D eigenvalue weighted by molar-refractivity contribution is 7.48. The lowest BCUT2D eigenvalue weighted by Crippen LogP contribution is -2.54. The lowest BCUT2D eigenvalue weighted by molar-refractivity contribution is -0.0734. The molecule has 2 unspecified atom stereocenters. The third-order valence-corrected chi connectivity index (χ3v) is 12.7. The van der Waals surface area contributed by atoms with Gasteiger partial charge in [0, 0.05) is 4.91 Å². The van der Waals surface area contributed by atoms with E-state index in [-0.39, 0.29) is 43.0 Å². The molecule has 0 amide bonds. The monoisotopic (exact) mass is 854 g/mol. The molecule has 58 heavy (non-hydrogen) atoms. The van der Waals surface area contributed by atoms with Crippen LogP contribution >= 0.6 is 15.6 Å². The van der Waals surface area contributed by atoms with Crippen molar-refractivity contribution < 1.29 is 55.2 Å². The average molecular weight is 855 g/mol. The average Bonchev–Trinajstić information content (AvgIpc) is 3.88. The molecular formula is C30H44N14O12P2. The third-order valence-electron chi connectivity index (χ3n) is 9.43. The smallest absolute Gasteiger partial charge is 0.475 e. The number of imidazole rings is 2. The standard InChI is InChI=1S/C15H21N8O6P.C15H23N6O6P/c1-7(2)28-30(24)26-5-8-10(29-30)15(3,21-22-17)13(27-8)23-6-18-9-11(23)19-14(16)20-12(9)25-4;1-7(2)26-28(22)24-5-8-10(27-28)15(3,17)13(25-8)21-6-18-9-11(21)19-14(16)20-12(9)23-4/h6-8,10,13H,5H2,1-4H3,(H2,16,19,20);6-8,10,13H,5,17H2,1-4H3,(H2,16,19,20)/t8-,10-,13-,15-,30?;8-,10-,13-,15-,28?/m11/s1. The first-order chi connectivity index (χ1) is 27.3. The number of nitrogens with two attached hydrogens (primary N) is 3. The van der Waals surface area contributed by atoms with Crippen LogP contribution in [0.15, 0.2) is 17.8 Å². The molecule has 4 aliphatic rings. The summed E-state index contributed by atoms with van der Waals surface area (Å²) < 4.78 is 84.1. The van der Waals surface area contributed by atoms with Gasteiger partial charge < -0.3 is 36.1 Å². The van der Waals surface area contributed by atoms with E-state index in [2.05, 4.69) is 39.9 Å². The second kappa shape index (κ2) is 15.4. The second-order valence-electron chi connectivity index (χ2n) is 14.5. The van der Waals surface area contributed by atoms with Crippen LogP contribution in [0, 0.1) is 0 Å². The van der Waals surface area contributed by atoms with Gasteiger partial charge in [-0.2, -0.15) is 19.9 Å². The summed E-state index contributed by atoms with van der Waals surface area (Å²) in [6.45, 7) is 10.2. The zero-order chi connectivity index (χ0) is 41.9. The summed E-state index contributed by atoms with van der Waals surface area (Å²) in [5, 5.41) is 3.94. The summed E-state index contributed by atoms with van der Waals surface area (Å²) >= 11 is 0. The third kappa shape index (κ3) is 7.44. The van der Waals surface area contributed by atoms with Crippen LogP contribution in [-0.2, 0) is 45.7 Å². The lowest BCUT2D eigenvalue weighted by atomic mass is 9.93. The molecular weight excluding hydrogens is 810 g/mol. The highest BCUT2D eigenvalue weighted by Crippen LogP contribution is 2.61. The molecule has 10 atom stereocenters. The highest BCUT2D eigenvalue weighted by Gasteiger charge is 2.61. The molecule has 8 rings (SSSR count). The van der Waals surface area contributed by atoms with Crippen molar-refractivity contribution in [3.8, 4) is 11.8 Å². The van der Waals surface area contributed by atoms with Crippen LogP contribution in [0.5, 0.6) is 11.8 Å². The van der Waals surface area contributed by atoms with Crippen molar-refractivity contribution in [2.24, 2.45) is 10.8 Å². The Bertz CT molecular complexity index is 2340. The van der Waals surface area contributed by atoms with Crippen molar-refractivity contribution in [2.75, 3.05) is 38.9 Å². The molecule has 316 valence electrons. The molecule has 6 N–H and O–H groups in total. The topological polar surface area (TPSA) is 340 Å². The number of anilines is 2. The van der Waals surface area contributed by atoms with Crippen molar-refractivity contribution in [3.05, 3.63) is 23.1 Å². The van der Waals surface area contributed by atoms with E-state index in [1.165, 1.54) is 26.9 Å². The molecule has 4 saturated heterocycles. The van der Waals surface area contributed by atoms with Gasteiger partial charge in [0.25, 0.3) is 0 Å². The van der Waals surface area contributed by atoms with E-state index in [4.69, 9.17) is 63.3 Å². The first-order valence-electron chi connectivity index (χ1n) is 17.8. The van der Waals surface area contributed by atoms with E-state index < -0.39 is 69.7 Å². The summed E-state index contributed by atoms with van der Waals surface area (Å²) in [6.07, 6.45) is -2.29. The van der Waals surface area contributed by atoms with Crippen LogP contribution in [0.4, 0.5) is 11.9 Å². The molecule has 26 nitrogen and oxygen atoms in total. The van der Waals surface area contributed by atoms with E-state index in [1.54, 1.807) is 50.7 Å². The normalized spacial score (nSPS) is 34.4. The molecule has 0 radical (unpaired) electrons. The van der Waals surface area contributed by atoms with Gasteiger partial charge in [-0.1, -0.05) is 5.11 Å². The number of rotatable bonds is 9. The van der Waals surface area contributed by atoms with Crippen LogP contribution in [0.25, 0.3) is 32.8 Å². The number of aromatic nitrogens is 8. The Labute approximate surface area is 330 Å². The zero-order valence-electron chi connectivity index (χ0n) is 32.6. The molecule has 0 aliphatic carbocycles. The van der Waals surface area contributed by atoms with Crippen LogP contribution in [0.1, 0.15) is 54.0 Å². The maximum Gasteiger partial charge on any atom is 0.475 e. The van der Waals surface area contributed by atoms with Crippen molar-refractivity contribution in [1.29, 1.82) is 0 Å². The van der Waals surface area contributed by atoms with Crippen molar-refractivity contribution in [3.63, 3.8) is 0 Å². The molecule has 4 aromatic rings. The Morgan fingerprint density at radius 1 is 0.810 bits per heavy atom. The number of fused-ring (bicyclic) bond motifs is 4. The number of hydrogen-bond donors (Lipinski definition) is 3. The number of ether oxygens (including phenoxy) is 4. The number of nitrogen functional groups attached to an aromatic ring is 2. The van der Waals surface area contributed by atoms with Gasteiger partial charge in [0.1, 0.15) is 30.0 Å². The Balaban J connectivity index is 0.000000177. The lowest BCUT2D eigenvalue weighted by Gasteiger charge is -2.36. The number of azide groups is 1. The van der Waals surface area contributed by atoms with Gasteiger partial charge in [0.15, 0.2) is 34.8 Å². The van der Waals surface area contributed by atoms with Crippen LogP contribution in [0.3, 0.4) is 0 Å². The predicted octanol–water partition coefficient (Wildman–Crippen LogP) is 3.31. The minimum Gasteiger partial charge on any atom is -0.479 e. The summed E-state index contributed by atoms with van der Waals surface area (Å²) in [6, 6.07) is 0. The van der Waals surface area contributed by atoms with E-state index in [1.807, 2.05) is 0 Å². The summed E-state index contributed by atoms with van der Waals surface area (Å²) in [5.41, 5.74) is 26.4. The van der Waals surface area contributed by atoms with E-state index in [0.29, 0.717) is 22.3 Å². The number of phosphoric ester groups is 2. The quantitative estimate of drug-likeness (QED) is 0.0940. The Kier molecular flexibility index (Phi) is 11.1. The fourth-order valence-corrected chi connectivity index (χ4v) is 10.4. The van der Waals surface area contributed by atoms with Gasteiger partial charge in [0.05, 0.1) is 57.8 Å². The van der Waals surface area contributed by atoms with E-state index >= 15 is 0 Å². The van der Waals surface area contributed by atoms with Gasteiger partial charge in [-0.15, -0.1) is 0 Å². The SMILES string of the molecule is COc1nc(N)nc2c1ncn2[C@@H]1O[C@@H]2COP(=O)(OC(C)C)O[C@H]2[C@@]1(C)N.COc1nc(N)nc2c1ncn2[C@@H]1O[C@@H]2COP(=O)(OC(C)C)O[C@H]2[C@@]1(C)N=[N+]=[N-]. The number of hydrogen-bond acceptors (Lipinski definition) is 22. The largest absolute Gasteiger partial charge is 0.479 e. The molecule has 8 heterocycles. The maximum atomic E-state index is 12.9. The Morgan fingerprint density at radius 2 is 1.26 bits per heavy atom. The zero-order valence-corrected chi connectivity index (χ0v) is 34.4. The van der Waals surface area contributed by atoms with Gasteiger partial charge >= 0.3 is 15.6 Å². The first-order valence-corrected chi connectivity index (χ1v) is 20.7. The van der Waals surface area contributed by atoms with Crippen molar-refractivity contribution >= 4 is 49.9 Å². The molecule has 0 spiro atoms. The molecule has 4 aliphatic heterocycles. The molecule has 4 aromatic heterocycles. The molecule has 28 heteroatoms. The summed E-state index contributed by atoms with van der Waals surface area (Å²) in [7, 11) is -4.71. The van der Waals surface area contributed by atoms with Gasteiger partial charge in [0.2, 0.25) is 23.7 Å². The Hall–Kier alpha value is -4.29. The predicted molar refractivity (Wildman–Crippen MR) is 200 cm³/mol. The highest BCUT2D eigenvalue weighted by atomic mass is 31.2. The van der Waals surface area contributed by atoms with Gasteiger partial charge in [-0.05, 0) is 47.1 Å². The molecule has 4 fully saturated rings. The summed E-state index contributed by atoms with van der Waals surface area (Å²) in [5.74, 6) is 0.419. The van der Waals surface area contributed by atoms with Gasteiger partial charge in [-0.25, -0.2) is 19.1 Å². The first kappa shape index (κ1) is 41.9. The molecule has 0 bridgehead atoms.